The molecule has 0 amide bonds. The smallest absolute Gasteiger partial charge is 0.264 e. The molecule has 1 saturated heterocycles. The van der Waals surface area contributed by atoms with Crippen LogP contribution in [-0.4, -0.2) is 52.4 Å². The Kier molecular flexibility index (Phi) is 4.80. The number of halogens is 1. The Morgan fingerprint density at radius 2 is 2.17 bits per heavy atom. The van der Waals surface area contributed by atoms with Crippen LogP contribution in [0.1, 0.15) is 12.8 Å². The minimum atomic E-state index is -3.78. The van der Waals surface area contributed by atoms with Crippen molar-refractivity contribution in [2.45, 2.75) is 17.7 Å². The first-order chi connectivity index (χ1) is 11.4. The molecule has 2 heterocycles. The van der Waals surface area contributed by atoms with Crippen LogP contribution in [0.3, 0.4) is 0 Å². The van der Waals surface area contributed by atoms with Gasteiger partial charge in [-0.2, -0.15) is 5.10 Å². The Labute approximate surface area is 146 Å². The zero-order valence-corrected chi connectivity index (χ0v) is 14.8. The summed E-state index contributed by atoms with van der Waals surface area (Å²) in [5.41, 5.74) is -0.0737. The lowest BCUT2D eigenvalue weighted by Crippen LogP contribution is -2.44. The van der Waals surface area contributed by atoms with Crippen LogP contribution in [0.4, 0.5) is 0 Å². The molecular formula is C15H19ClN4O3S. The topological polar surface area (TPSA) is 83.4 Å². The van der Waals surface area contributed by atoms with Crippen LogP contribution in [0.5, 0.6) is 0 Å². The van der Waals surface area contributed by atoms with Gasteiger partial charge in [-0.25, -0.2) is 18.1 Å². The fraction of sp³-hybridized carbons (Fsp3) is 0.467. The summed E-state index contributed by atoms with van der Waals surface area (Å²) >= 11 is 5.88. The van der Waals surface area contributed by atoms with Crippen LogP contribution < -0.4 is 4.72 Å². The van der Waals surface area contributed by atoms with E-state index < -0.39 is 10.0 Å². The minimum Gasteiger partial charge on any atom is -0.381 e. The van der Waals surface area contributed by atoms with Crippen molar-refractivity contribution in [2.75, 3.05) is 26.8 Å². The first-order valence-electron chi connectivity index (χ1n) is 7.60. The maximum Gasteiger partial charge on any atom is 0.264 e. The molecule has 2 aliphatic rings. The predicted octanol–water partition coefficient (Wildman–Crippen LogP) is 1.70. The number of benzene rings is 1. The highest BCUT2D eigenvalue weighted by Crippen LogP contribution is 2.33. The van der Waals surface area contributed by atoms with E-state index >= 15 is 0 Å². The van der Waals surface area contributed by atoms with Gasteiger partial charge in [0.05, 0.1) is 11.4 Å². The Morgan fingerprint density at radius 1 is 1.42 bits per heavy atom. The van der Waals surface area contributed by atoms with Crippen molar-refractivity contribution in [3.05, 3.63) is 29.3 Å². The minimum absolute atomic E-state index is 0.0737. The molecule has 1 N–H and O–H groups in total. The van der Waals surface area contributed by atoms with Crippen LogP contribution in [0.15, 0.2) is 39.3 Å². The molecule has 9 heteroatoms. The molecule has 24 heavy (non-hydrogen) atoms. The van der Waals surface area contributed by atoms with Crippen molar-refractivity contribution in [1.82, 2.24) is 9.73 Å². The quantitative estimate of drug-likeness (QED) is 0.634. The van der Waals surface area contributed by atoms with Gasteiger partial charge in [0, 0.05) is 36.9 Å². The summed E-state index contributed by atoms with van der Waals surface area (Å²) in [7, 11) is -2.25. The van der Waals surface area contributed by atoms with E-state index in [1.807, 2.05) is 6.21 Å². The summed E-state index contributed by atoms with van der Waals surface area (Å²) in [4.78, 5) is 4.14. The van der Waals surface area contributed by atoms with Crippen molar-refractivity contribution in [3.8, 4) is 0 Å². The second-order valence-corrected chi connectivity index (χ2v) is 8.01. The lowest BCUT2D eigenvalue weighted by Gasteiger charge is -2.31. The fourth-order valence-electron chi connectivity index (χ4n) is 2.79. The van der Waals surface area contributed by atoms with Gasteiger partial charge >= 0.3 is 0 Å². The molecule has 0 aliphatic carbocycles. The molecular weight excluding hydrogens is 352 g/mol. The molecule has 1 aromatic carbocycles. The zero-order valence-electron chi connectivity index (χ0n) is 13.3. The molecule has 0 atom stereocenters. The van der Waals surface area contributed by atoms with Crippen molar-refractivity contribution in [1.29, 1.82) is 0 Å². The van der Waals surface area contributed by atoms with E-state index in [1.54, 1.807) is 17.1 Å². The van der Waals surface area contributed by atoms with Gasteiger partial charge in [-0.1, -0.05) is 17.7 Å². The van der Waals surface area contributed by atoms with E-state index in [9.17, 15) is 8.42 Å². The van der Waals surface area contributed by atoms with E-state index in [1.165, 1.54) is 19.2 Å². The standard InChI is InChI=1S/C15H19ClN4O3S/c1-17-14(19-24(21,22)13-4-2-3-12(16)9-13)20-11-15(10-18-20)5-7-23-8-6-15/h2-4,9-10H,5-8,11H2,1H3,(H,17,19). The number of nitrogens with zero attached hydrogens (tertiary/aromatic N) is 3. The Bertz CT molecular complexity index is 773. The molecule has 2 aliphatic heterocycles. The van der Waals surface area contributed by atoms with Crippen molar-refractivity contribution in [2.24, 2.45) is 15.5 Å². The number of hydrazone groups is 1. The van der Waals surface area contributed by atoms with Gasteiger partial charge in [-0.3, -0.25) is 4.99 Å². The van der Waals surface area contributed by atoms with Gasteiger partial charge in [0.15, 0.2) is 0 Å². The van der Waals surface area contributed by atoms with E-state index in [4.69, 9.17) is 16.3 Å². The highest BCUT2D eigenvalue weighted by atomic mass is 35.5. The number of ether oxygens (including phenoxy) is 1. The van der Waals surface area contributed by atoms with Gasteiger partial charge in [0.1, 0.15) is 0 Å². The van der Waals surface area contributed by atoms with Crippen molar-refractivity contribution < 1.29 is 13.2 Å². The molecule has 0 bridgehead atoms. The van der Waals surface area contributed by atoms with Crippen LogP contribution in [0, 0.1) is 5.41 Å². The number of hydrogen-bond acceptors (Lipinski definition) is 5. The van der Waals surface area contributed by atoms with Gasteiger partial charge in [0.25, 0.3) is 10.0 Å². The molecule has 130 valence electrons. The van der Waals surface area contributed by atoms with E-state index in [0.29, 0.717) is 24.8 Å². The van der Waals surface area contributed by atoms with E-state index in [2.05, 4.69) is 14.8 Å². The van der Waals surface area contributed by atoms with Crippen LogP contribution in [-0.2, 0) is 14.8 Å². The molecule has 1 aromatic rings. The Hall–Kier alpha value is -1.64. The summed E-state index contributed by atoms with van der Waals surface area (Å²) in [6.07, 6.45) is 3.62. The maximum absolute atomic E-state index is 12.5. The molecule has 3 rings (SSSR count). The molecule has 0 saturated carbocycles. The average Bonchev–Trinajstić information content (AvgIpc) is 2.97. The molecule has 0 radical (unpaired) electrons. The number of hydrogen-bond donors (Lipinski definition) is 1. The molecule has 1 fully saturated rings. The first kappa shape index (κ1) is 17.2. The molecule has 0 unspecified atom stereocenters. The van der Waals surface area contributed by atoms with Crippen LogP contribution >= 0.6 is 11.6 Å². The third-order valence-electron chi connectivity index (χ3n) is 4.21. The molecule has 7 nitrogen and oxygen atoms in total. The number of nitrogens with one attached hydrogen (secondary N) is 1. The summed E-state index contributed by atoms with van der Waals surface area (Å²) in [6.45, 7) is 1.96. The third kappa shape index (κ3) is 3.55. The summed E-state index contributed by atoms with van der Waals surface area (Å²) < 4.78 is 32.9. The molecule has 1 spiro atoms. The predicted molar refractivity (Wildman–Crippen MR) is 92.8 cm³/mol. The lowest BCUT2D eigenvalue weighted by molar-refractivity contribution is 0.0453. The second kappa shape index (κ2) is 6.70. The normalized spacial score (nSPS) is 20.6. The monoisotopic (exact) mass is 370 g/mol. The highest BCUT2D eigenvalue weighted by molar-refractivity contribution is 7.90. The number of sulfonamides is 1. The van der Waals surface area contributed by atoms with Gasteiger partial charge in [-0.15, -0.1) is 0 Å². The average molecular weight is 371 g/mol. The van der Waals surface area contributed by atoms with E-state index in [-0.39, 0.29) is 16.3 Å². The van der Waals surface area contributed by atoms with E-state index in [0.717, 1.165) is 12.8 Å². The maximum atomic E-state index is 12.5. The Balaban J connectivity index is 1.75. The van der Waals surface area contributed by atoms with Crippen LogP contribution in [0.25, 0.3) is 0 Å². The lowest BCUT2D eigenvalue weighted by atomic mass is 9.82. The van der Waals surface area contributed by atoms with Crippen molar-refractivity contribution in [3.63, 3.8) is 0 Å². The Morgan fingerprint density at radius 3 is 2.83 bits per heavy atom. The zero-order chi connectivity index (χ0) is 17.2. The fourth-order valence-corrected chi connectivity index (χ4v) is 4.14. The highest BCUT2D eigenvalue weighted by Gasteiger charge is 2.38. The summed E-state index contributed by atoms with van der Waals surface area (Å²) in [5.74, 6) is 0.189. The number of aliphatic imine (C=N–C) groups is 1. The largest absolute Gasteiger partial charge is 0.381 e. The van der Waals surface area contributed by atoms with Crippen LogP contribution in [0.2, 0.25) is 5.02 Å². The summed E-state index contributed by atoms with van der Waals surface area (Å²) in [6, 6.07) is 6.08. The number of rotatable bonds is 2. The molecule has 0 aromatic heterocycles. The summed E-state index contributed by atoms with van der Waals surface area (Å²) in [5, 5.41) is 6.29. The van der Waals surface area contributed by atoms with Gasteiger partial charge < -0.3 is 4.74 Å². The third-order valence-corrected chi connectivity index (χ3v) is 5.77. The first-order valence-corrected chi connectivity index (χ1v) is 9.46. The number of guanidine groups is 1. The second-order valence-electron chi connectivity index (χ2n) is 5.89. The SMILES string of the molecule is CN=C(NS(=O)(=O)c1cccc(Cl)c1)N1CC2(C=N1)CCOCC2. The van der Waals surface area contributed by atoms with Gasteiger partial charge in [0.2, 0.25) is 5.96 Å². The van der Waals surface area contributed by atoms with Gasteiger partial charge in [-0.05, 0) is 31.0 Å². The van der Waals surface area contributed by atoms with Crippen molar-refractivity contribution >= 4 is 33.8 Å².